The Kier molecular flexibility index (Phi) is 3.83. The largest absolute Gasteiger partial charge is 0.448 e. The summed E-state index contributed by atoms with van der Waals surface area (Å²) in [5.41, 5.74) is 0. The van der Waals surface area contributed by atoms with E-state index in [4.69, 9.17) is 16.0 Å². The Bertz CT molecular complexity index is 343. The summed E-state index contributed by atoms with van der Waals surface area (Å²) in [4.78, 5) is 0. The van der Waals surface area contributed by atoms with Crippen LogP contribution in [0.2, 0.25) is 5.22 Å². The normalized spacial score (nSPS) is 26.7. The third kappa shape index (κ3) is 3.33. The van der Waals surface area contributed by atoms with Crippen LogP contribution in [0.4, 0.5) is 0 Å². The highest BCUT2D eigenvalue weighted by molar-refractivity contribution is 7.85. The molecule has 1 N–H and O–H groups in total. The third-order valence-corrected chi connectivity index (χ3v) is 4.17. The average molecular weight is 248 g/mol. The fourth-order valence-corrected chi connectivity index (χ4v) is 3.15. The topological polar surface area (TPSA) is 42.2 Å². The monoisotopic (exact) mass is 247 g/mol. The first kappa shape index (κ1) is 11.2. The molecule has 0 saturated carbocycles. The predicted octanol–water partition coefficient (Wildman–Crippen LogP) is 1.93. The van der Waals surface area contributed by atoms with Crippen molar-refractivity contribution in [3.63, 3.8) is 0 Å². The highest BCUT2D eigenvalue weighted by atomic mass is 35.5. The summed E-state index contributed by atoms with van der Waals surface area (Å²) in [6, 6.07) is 4.08. The van der Waals surface area contributed by atoms with Crippen LogP contribution in [0.1, 0.15) is 18.6 Å². The lowest BCUT2D eigenvalue weighted by atomic mass is 10.1. The lowest BCUT2D eigenvalue weighted by molar-refractivity contribution is 0.426. The van der Waals surface area contributed by atoms with Crippen molar-refractivity contribution in [1.29, 1.82) is 0 Å². The molecule has 15 heavy (non-hydrogen) atoms. The van der Waals surface area contributed by atoms with Gasteiger partial charge in [-0.05, 0) is 36.6 Å². The molecule has 2 rings (SSSR count). The molecule has 1 fully saturated rings. The van der Waals surface area contributed by atoms with Crippen molar-refractivity contribution in [2.45, 2.75) is 25.4 Å². The molecule has 3 nitrogen and oxygen atoms in total. The van der Waals surface area contributed by atoms with Crippen molar-refractivity contribution in [1.82, 2.24) is 5.32 Å². The van der Waals surface area contributed by atoms with E-state index in [0.717, 1.165) is 30.1 Å². The van der Waals surface area contributed by atoms with Gasteiger partial charge in [-0.2, -0.15) is 0 Å². The lowest BCUT2D eigenvalue weighted by Gasteiger charge is -2.21. The van der Waals surface area contributed by atoms with E-state index < -0.39 is 10.8 Å². The maximum absolute atomic E-state index is 11.1. The molecule has 0 radical (unpaired) electrons. The number of halogens is 1. The number of hydrogen-bond donors (Lipinski definition) is 1. The van der Waals surface area contributed by atoms with Crippen LogP contribution in [0.25, 0.3) is 0 Å². The van der Waals surface area contributed by atoms with Crippen molar-refractivity contribution in [2.24, 2.45) is 0 Å². The summed E-state index contributed by atoms with van der Waals surface area (Å²) < 4.78 is 16.4. The van der Waals surface area contributed by atoms with Crippen molar-refractivity contribution in [3.8, 4) is 0 Å². The van der Waals surface area contributed by atoms with Crippen LogP contribution >= 0.6 is 11.6 Å². The first-order valence-corrected chi connectivity index (χ1v) is 6.93. The molecular formula is C10H14ClNO2S. The molecule has 0 amide bonds. The summed E-state index contributed by atoms with van der Waals surface area (Å²) in [6.07, 6.45) is 1.97. The van der Waals surface area contributed by atoms with E-state index in [-0.39, 0.29) is 0 Å². The van der Waals surface area contributed by atoms with Crippen LogP contribution in [0, 0.1) is 0 Å². The minimum Gasteiger partial charge on any atom is -0.448 e. The molecule has 1 aliphatic heterocycles. The van der Waals surface area contributed by atoms with E-state index in [0.29, 0.717) is 17.8 Å². The van der Waals surface area contributed by atoms with Gasteiger partial charge in [-0.15, -0.1) is 0 Å². The Morgan fingerprint density at radius 3 is 2.80 bits per heavy atom. The second-order valence-electron chi connectivity index (χ2n) is 3.71. The number of nitrogens with one attached hydrogen (secondary N) is 1. The standard InChI is InChI=1S/C10H14ClNO2S/c11-10-2-1-9(14-10)7-12-8-3-5-15(13)6-4-8/h1-2,8,12H,3-7H2. The summed E-state index contributed by atoms with van der Waals surface area (Å²) >= 11 is 5.67. The zero-order chi connectivity index (χ0) is 10.7. The Morgan fingerprint density at radius 1 is 1.47 bits per heavy atom. The molecule has 0 aliphatic carbocycles. The smallest absolute Gasteiger partial charge is 0.193 e. The number of rotatable bonds is 3. The van der Waals surface area contributed by atoms with E-state index in [1.165, 1.54) is 0 Å². The van der Waals surface area contributed by atoms with E-state index in [1.807, 2.05) is 6.07 Å². The molecule has 2 heterocycles. The van der Waals surface area contributed by atoms with Gasteiger partial charge in [-0.1, -0.05) is 0 Å². The molecule has 1 saturated heterocycles. The third-order valence-electron chi connectivity index (χ3n) is 2.58. The Balaban J connectivity index is 1.76. The SMILES string of the molecule is O=S1CCC(NCc2ccc(Cl)o2)CC1. The van der Waals surface area contributed by atoms with Gasteiger partial charge in [0.25, 0.3) is 0 Å². The number of furan rings is 1. The van der Waals surface area contributed by atoms with E-state index in [9.17, 15) is 4.21 Å². The molecule has 0 bridgehead atoms. The Hall–Kier alpha value is -0.320. The molecule has 0 unspecified atom stereocenters. The molecule has 1 aromatic rings. The van der Waals surface area contributed by atoms with Gasteiger partial charge >= 0.3 is 0 Å². The van der Waals surface area contributed by atoms with Crippen molar-refractivity contribution in [2.75, 3.05) is 11.5 Å². The van der Waals surface area contributed by atoms with Crippen molar-refractivity contribution < 1.29 is 8.63 Å². The maximum atomic E-state index is 11.1. The van der Waals surface area contributed by atoms with Gasteiger partial charge in [0.2, 0.25) is 0 Å². The second kappa shape index (κ2) is 5.14. The van der Waals surface area contributed by atoms with Crippen LogP contribution in [-0.2, 0) is 17.3 Å². The quantitative estimate of drug-likeness (QED) is 0.888. The van der Waals surface area contributed by atoms with Gasteiger partial charge in [0.1, 0.15) is 5.76 Å². The summed E-state index contributed by atoms with van der Waals surface area (Å²) in [5.74, 6) is 2.49. The van der Waals surface area contributed by atoms with Gasteiger partial charge in [-0.3, -0.25) is 4.21 Å². The first-order chi connectivity index (χ1) is 7.24. The highest BCUT2D eigenvalue weighted by Crippen LogP contribution is 2.14. The maximum Gasteiger partial charge on any atom is 0.193 e. The lowest BCUT2D eigenvalue weighted by Crippen LogP contribution is -2.35. The molecular weight excluding hydrogens is 234 g/mol. The number of hydrogen-bond acceptors (Lipinski definition) is 3. The van der Waals surface area contributed by atoms with Crippen LogP contribution in [-0.4, -0.2) is 21.8 Å². The molecule has 0 spiro atoms. The van der Waals surface area contributed by atoms with Crippen molar-refractivity contribution >= 4 is 22.4 Å². The van der Waals surface area contributed by atoms with Gasteiger partial charge in [0, 0.05) is 28.3 Å². The molecule has 0 atom stereocenters. The fourth-order valence-electron chi connectivity index (χ4n) is 1.69. The molecule has 84 valence electrons. The van der Waals surface area contributed by atoms with Crippen LogP contribution < -0.4 is 5.32 Å². The Morgan fingerprint density at radius 2 is 2.20 bits per heavy atom. The zero-order valence-corrected chi connectivity index (χ0v) is 9.94. The van der Waals surface area contributed by atoms with Crippen LogP contribution in [0.15, 0.2) is 16.5 Å². The van der Waals surface area contributed by atoms with Gasteiger partial charge < -0.3 is 9.73 Å². The Labute approximate surface area is 96.6 Å². The highest BCUT2D eigenvalue weighted by Gasteiger charge is 2.17. The predicted molar refractivity (Wildman–Crippen MR) is 61.5 cm³/mol. The minimum atomic E-state index is -0.589. The summed E-state index contributed by atoms with van der Waals surface area (Å²) in [6.45, 7) is 0.698. The molecule has 1 aliphatic rings. The fraction of sp³-hybridized carbons (Fsp3) is 0.600. The van der Waals surface area contributed by atoms with Crippen LogP contribution in [0.3, 0.4) is 0 Å². The van der Waals surface area contributed by atoms with E-state index in [2.05, 4.69) is 5.32 Å². The van der Waals surface area contributed by atoms with E-state index >= 15 is 0 Å². The molecule has 5 heteroatoms. The van der Waals surface area contributed by atoms with E-state index in [1.54, 1.807) is 6.07 Å². The minimum absolute atomic E-state index is 0.427. The van der Waals surface area contributed by atoms with Crippen molar-refractivity contribution in [3.05, 3.63) is 23.1 Å². The molecule has 0 aromatic carbocycles. The zero-order valence-electron chi connectivity index (χ0n) is 8.37. The first-order valence-electron chi connectivity index (χ1n) is 5.06. The summed E-state index contributed by atoms with van der Waals surface area (Å²) in [7, 11) is -0.589. The average Bonchev–Trinajstić information content (AvgIpc) is 2.64. The second-order valence-corrected chi connectivity index (χ2v) is 5.78. The van der Waals surface area contributed by atoms with Gasteiger partial charge in [0.15, 0.2) is 5.22 Å². The van der Waals surface area contributed by atoms with Gasteiger partial charge in [-0.25, -0.2) is 0 Å². The van der Waals surface area contributed by atoms with Gasteiger partial charge in [0.05, 0.1) is 6.54 Å². The molecule has 1 aromatic heterocycles. The van der Waals surface area contributed by atoms with Crippen LogP contribution in [0.5, 0.6) is 0 Å². The summed E-state index contributed by atoms with van der Waals surface area (Å²) in [5, 5.41) is 3.81.